The van der Waals surface area contributed by atoms with Crippen LogP contribution in [-0.2, 0) is 6.54 Å². The number of aromatic hydroxyl groups is 1. The fourth-order valence-electron chi connectivity index (χ4n) is 2.72. The van der Waals surface area contributed by atoms with E-state index in [1.807, 2.05) is 36.4 Å². The molecular formula is C18H21NO2. The summed E-state index contributed by atoms with van der Waals surface area (Å²) in [5.41, 5.74) is 2.11. The summed E-state index contributed by atoms with van der Waals surface area (Å²) in [5.74, 6) is 1.25. The van der Waals surface area contributed by atoms with Crippen LogP contribution in [0.1, 0.15) is 31.2 Å². The van der Waals surface area contributed by atoms with Crippen LogP contribution >= 0.6 is 0 Å². The first-order valence-corrected chi connectivity index (χ1v) is 7.58. The van der Waals surface area contributed by atoms with Crippen molar-refractivity contribution in [2.45, 2.75) is 38.3 Å². The lowest BCUT2D eigenvalue weighted by Gasteiger charge is -2.13. The van der Waals surface area contributed by atoms with E-state index in [0.717, 1.165) is 17.0 Å². The van der Waals surface area contributed by atoms with Crippen molar-refractivity contribution in [3.05, 3.63) is 54.1 Å². The predicted molar refractivity (Wildman–Crippen MR) is 84.8 cm³/mol. The van der Waals surface area contributed by atoms with E-state index in [0.29, 0.717) is 18.4 Å². The number of nitrogens with one attached hydrogen (secondary N) is 1. The molecule has 3 heteroatoms. The molecule has 3 nitrogen and oxygen atoms in total. The smallest absolute Gasteiger partial charge is 0.119 e. The highest BCUT2D eigenvalue weighted by Crippen LogP contribution is 2.25. The Hall–Kier alpha value is -2.16. The van der Waals surface area contributed by atoms with Crippen LogP contribution in [0, 0.1) is 0 Å². The van der Waals surface area contributed by atoms with Crippen LogP contribution in [0.3, 0.4) is 0 Å². The first-order valence-electron chi connectivity index (χ1n) is 7.58. The number of rotatable bonds is 5. The minimum absolute atomic E-state index is 0.301. The molecule has 2 N–H and O–H groups in total. The summed E-state index contributed by atoms with van der Waals surface area (Å²) >= 11 is 0. The number of benzene rings is 2. The van der Waals surface area contributed by atoms with E-state index in [9.17, 15) is 5.11 Å². The van der Waals surface area contributed by atoms with E-state index in [-0.39, 0.29) is 0 Å². The van der Waals surface area contributed by atoms with Crippen LogP contribution in [0.4, 0.5) is 5.69 Å². The average Bonchev–Trinajstić information content (AvgIpc) is 3.00. The Kier molecular flexibility index (Phi) is 4.29. The Labute approximate surface area is 125 Å². The van der Waals surface area contributed by atoms with E-state index < -0.39 is 0 Å². The molecule has 0 aromatic heterocycles. The topological polar surface area (TPSA) is 41.5 Å². The minimum atomic E-state index is 0.301. The van der Waals surface area contributed by atoms with Gasteiger partial charge in [0.15, 0.2) is 0 Å². The monoisotopic (exact) mass is 283 g/mol. The molecule has 1 fully saturated rings. The Morgan fingerprint density at radius 1 is 1.05 bits per heavy atom. The van der Waals surface area contributed by atoms with Crippen LogP contribution in [-0.4, -0.2) is 11.2 Å². The Morgan fingerprint density at radius 3 is 2.52 bits per heavy atom. The minimum Gasteiger partial charge on any atom is -0.508 e. The molecule has 0 saturated heterocycles. The summed E-state index contributed by atoms with van der Waals surface area (Å²) in [6, 6.07) is 15.4. The van der Waals surface area contributed by atoms with Crippen molar-refractivity contribution in [3.63, 3.8) is 0 Å². The molecule has 0 spiro atoms. The van der Waals surface area contributed by atoms with Gasteiger partial charge in [-0.3, -0.25) is 0 Å². The van der Waals surface area contributed by atoms with Gasteiger partial charge in [-0.1, -0.05) is 12.1 Å². The summed E-state index contributed by atoms with van der Waals surface area (Å²) in [7, 11) is 0. The summed E-state index contributed by atoms with van der Waals surface area (Å²) in [6.07, 6.45) is 5.33. The van der Waals surface area contributed by atoms with Gasteiger partial charge >= 0.3 is 0 Å². The van der Waals surface area contributed by atoms with Gasteiger partial charge in [0.25, 0.3) is 0 Å². The van der Waals surface area contributed by atoms with E-state index in [1.165, 1.54) is 25.7 Å². The van der Waals surface area contributed by atoms with Gasteiger partial charge in [0, 0.05) is 12.2 Å². The molecule has 0 unspecified atom stereocenters. The van der Waals surface area contributed by atoms with Gasteiger partial charge in [-0.15, -0.1) is 0 Å². The molecule has 0 radical (unpaired) electrons. The van der Waals surface area contributed by atoms with Crippen LogP contribution in [0.2, 0.25) is 0 Å². The maximum Gasteiger partial charge on any atom is 0.119 e. The van der Waals surface area contributed by atoms with Crippen LogP contribution in [0.5, 0.6) is 11.5 Å². The molecule has 3 rings (SSSR count). The quantitative estimate of drug-likeness (QED) is 0.858. The second-order valence-electron chi connectivity index (χ2n) is 5.57. The highest BCUT2D eigenvalue weighted by Gasteiger charge is 2.16. The molecule has 0 amide bonds. The predicted octanol–water partition coefficient (Wildman–Crippen LogP) is 4.33. The Bertz CT molecular complexity index is 574. The second kappa shape index (κ2) is 6.53. The molecule has 1 aliphatic carbocycles. The van der Waals surface area contributed by atoms with Gasteiger partial charge in [-0.25, -0.2) is 0 Å². The molecule has 110 valence electrons. The van der Waals surface area contributed by atoms with Crippen molar-refractivity contribution in [2.75, 3.05) is 5.32 Å². The first-order chi connectivity index (χ1) is 10.3. The highest BCUT2D eigenvalue weighted by atomic mass is 16.5. The van der Waals surface area contributed by atoms with Gasteiger partial charge in [-0.2, -0.15) is 0 Å². The van der Waals surface area contributed by atoms with E-state index in [1.54, 1.807) is 12.1 Å². The lowest BCUT2D eigenvalue weighted by Crippen LogP contribution is -2.10. The molecule has 0 atom stereocenters. The summed E-state index contributed by atoms with van der Waals surface area (Å²) < 4.78 is 5.95. The molecule has 0 aliphatic heterocycles. The zero-order valence-corrected chi connectivity index (χ0v) is 12.1. The van der Waals surface area contributed by atoms with Crippen molar-refractivity contribution in [1.29, 1.82) is 0 Å². The zero-order valence-electron chi connectivity index (χ0n) is 12.1. The van der Waals surface area contributed by atoms with Crippen molar-refractivity contribution in [1.82, 2.24) is 0 Å². The molecule has 1 aliphatic rings. The second-order valence-corrected chi connectivity index (χ2v) is 5.57. The third kappa shape index (κ3) is 3.91. The third-order valence-corrected chi connectivity index (χ3v) is 3.87. The first kappa shape index (κ1) is 13.8. The number of phenols is 1. The molecule has 2 aromatic carbocycles. The van der Waals surface area contributed by atoms with E-state index >= 15 is 0 Å². The van der Waals surface area contributed by atoms with Crippen molar-refractivity contribution >= 4 is 5.69 Å². The standard InChI is InChI=1S/C18H21NO2/c20-16-5-3-4-14(12-16)13-19-15-8-10-18(11-9-15)21-17-6-1-2-7-17/h3-5,8-12,17,19-20H,1-2,6-7,13H2. The summed E-state index contributed by atoms with van der Waals surface area (Å²) in [5, 5.41) is 12.8. The largest absolute Gasteiger partial charge is 0.508 e. The Balaban J connectivity index is 1.54. The number of ether oxygens (including phenoxy) is 1. The number of hydrogen-bond acceptors (Lipinski definition) is 3. The highest BCUT2D eigenvalue weighted by molar-refractivity contribution is 5.47. The lowest BCUT2D eigenvalue weighted by molar-refractivity contribution is 0.210. The average molecular weight is 283 g/mol. The third-order valence-electron chi connectivity index (χ3n) is 3.87. The van der Waals surface area contributed by atoms with Crippen LogP contribution < -0.4 is 10.1 Å². The van der Waals surface area contributed by atoms with Gasteiger partial charge < -0.3 is 15.2 Å². The summed E-state index contributed by atoms with van der Waals surface area (Å²) in [4.78, 5) is 0. The van der Waals surface area contributed by atoms with Crippen LogP contribution in [0.15, 0.2) is 48.5 Å². The van der Waals surface area contributed by atoms with Gasteiger partial charge in [0.1, 0.15) is 11.5 Å². The van der Waals surface area contributed by atoms with E-state index in [4.69, 9.17) is 4.74 Å². The summed E-state index contributed by atoms with van der Waals surface area (Å²) in [6.45, 7) is 0.692. The molecule has 1 saturated carbocycles. The molecule has 0 bridgehead atoms. The fraction of sp³-hybridized carbons (Fsp3) is 0.333. The maximum absolute atomic E-state index is 9.44. The van der Waals surface area contributed by atoms with Crippen molar-refractivity contribution < 1.29 is 9.84 Å². The number of phenolic OH excluding ortho intramolecular Hbond substituents is 1. The van der Waals surface area contributed by atoms with Crippen LogP contribution in [0.25, 0.3) is 0 Å². The lowest BCUT2D eigenvalue weighted by atomic mass is 10.2. The normalized spacial score (nSPS) is 15.0. The molecule has 0 heterocycles. The fourth-order valence-corrected chi connectivity index (χ4v) is 2.72. The number of hydrogen-bond donors (Lipinski definition) is 2. The SMILES string of the molecule is Oc1cccc(CNc2ccc(OC3CCCC3)cc2)c1. The van der Waals surface area contributed by atoms with Gasteiger partial charge in [-0.05, 0) is 67.6 Å². The Morgan fingerprint density at radius 2 is 1.81 bits per heavy atom. The van der Waals surface area contributed by atoms with E-state index in [2.05, 4.69) is 5.32 Å². The maximum atomic E-state index is 9.44. The molecule has 2 aromatic rings. The molecular weight excluding hydrogens is 262 g/mol. The number of anilines is 1. The molecule has 21 heavy (non-hydrogen) atoms. The van der Waals surface area contributed by atoms with Crippen molar-refractivity contribution in [2.24, 2.45) is 0 Å². The van der Waals surface area contributed by atoms with Crippen molar-refractivity contribution in [3.8, 4) is 11.5 Å². The zero-order chi connectivity index (χ0) is 14.5. The van der Waals surface area contributed by atoms with Gasteiger partial charge in [0.2, 0.25) is 0 Å². The van der Waals surface area contributed by atoms with Gasteiger partial charge in [0.05, 0.1) is 6.10 Å².